The van der Waals surface area contributed by atoms with Crippen LogP contribution in [0.1, 0.15) is 30.4 Å². The number of aromatic nitrogens is 1. The first-order chi connectivity index (χ1) is 16.8. The normalized spacial score (nSPS) is 16.6. The molecule has 2 aliphatic rings. The maximum absolute atomic E-state index is 13.4. The molecule has 2 N–H and O–H groups in total. The van der Waals surface area contributed by atoms with Gasteiger partial charge in [0.25, 0.3) is 0 Å². The van der Waals surface area contributed by atoms with Crippen molar-refractivity contribution in [3.05, 3.63) is 65.7 Å². The smallest absolute Gasteiger partial charge is 0.494 e. The zero-order chi connectivity index (χ0) is 24.6. The van der Waals surface area contributed by atoms with E-state index in [0.29, 0.717) is 43.0 Å². The van der Waals surface area contributed by atoms with Crippen LogP contribution in [0, 0.1) is 6.92 Å². The standard InChI is InChI=1S/C26H24F2N2O5/c1-16-3-10-22(29-23(16)17-4-7-19(8-5-17)33-14-2-13-31)30-24(32)25(11-12-25)18-6-9-20-21(15-18)35-26(27,28)34-20/h3-10,15,31H,2,11-14H2,1H3,(H,29,30,32). The zero-order valence-electron chi connectivity index (χ0n) is 19.0. The van der Waals surface area contributed by atoms with E-state index in [-0.39, 0.29) is 24.0 Å². The molecule has 1 aliphatic carbocycles. The minimum Gasteiger partial charge on any atom is -0.494 e. The number of nitrogens with one attached hydrogen (secondary N) is 1. The lowest BCUT2D eigenvalue weighted by atomic mass is 9.94. The van der Waals surface area contributed by atoms with Crippen molar-refractivity contribution < 1.29 is 32.9 Å². The van der Waals surface area contributed by atoms with Crippen molar-refractivity contribution in [2.75, 3.05) is 18.5 Å². The van der Waals surface area contributed by atoms with Gasteiger partial charge in [-0.05, 0) is 73.4 Å². The molecule has 0 bridgehead atoms. The van der Waals surface area contributed by atoms with Crippen molar-refractivity contribution in [2.24, 2.45) is 0 Å². The highest BCUT2D eigenvalue weighted by molar-refractivity contribution is 6.01. The Balaban J connectivity index is 1.32. The maximum atomic E-state index is 13.4. The van der Waals surface area contributed by atoms with Gasteiger partial charge in [-0.1, -0.05) is 12.1 Å². The number of ether oxygens (including phenoxy) is 3. The molecule has 1 amide bonds. The number of hydrogen-bond donors (Lipinski definition) is 2. The van der Waals surface area contributed by atoms with Gasteiger partial charge in [-0.15, -0.1) is 8.78 Å². The second kappa shape index (κ2) is 8.81. The van der Waals surface area contributed by atoms with Gasteiger partial charge in [-0.25, -0.2) is 4.98 Å². The maximum Gasteiger partial charge on any atom is 0.586 e. The number of carbonyl (C=O) groups is 1. The molecule has 0 saturated heterocycles. The number of fused-ring (bicyclic) bond motifs is 1. The number of nitrogens with zero attached hydrogens (tertiary/aromatic N) is 1. The molecule has 3 aromatic rings. The molecule has 182 valence electrons. The summed E-state index contributed by atoms with van der Waals surface area (Å²) in [5.74, 6) is 0.715. The Labute approximate surface area is 200 Å². The summed E-state index contributed by atoms with van der Waals surface area (Å²) in [4.78, 5) is 17.9. The van der Waals surface area contributed by atoms with Crippen LogP contribution in [0.4, 0.5) is 14.6 Å². The molecule has 35 heavy (non-hydrogen) atoms. The molecule has 0 unspecified atom stereocenters. The molecule has 0 atom stereocenters. The van der Waals surface area contributed by atoms with Crippen molar-refractivity contribution in [1.29, 1.82) is 0 Å². The summed E-state index contributed by atoms with van der Waals surface area (Å²) in [6.07, 6.45) is -1.97. The predicted molar refractivity (Wildman–Crippen MR) is 124 cm³/mol. The molecule has 5 rings (SSSR count). The van der Waals surface area contributed by atoms with E-state index in [1.165, 1.54) is 12.1 Å². The Morgan fingerprint density at radius 1 is 1.09 bits per heavy atom. The number of rotatable bonds is 8. The summed E-state index contributed by atoms with van der Waals surface area (Å²) in [7, 11) is 0. The van der Waals surface area contributed by atoms with E-state index in [0.717, 1.165) is 16.8 Å². The van der Waals surface area contributed by atoms with Crippen LogP contribution in [0.3, 0.4) is 0 Å². The number of hydrogen-bond acceptors (Lipinski definition) is 6. The lowest BCUT2D eigenvalue weighted by Crippen LogP contribution is -2.28. The van der Waals surface area contributed by atoms with Crippen LogP contribution in [0.5, 0.6) is 17.2 Å². The molecule has 1 fully saturated rings. The van der Waals surface area contributed by atoms with E-state index in [1.54, 1.807) is 12.1 Å². The molecule has 0 radical (unpaired) electrons. The van der Waals surface area contributed by atoms with E-state index >= 15 is 0 Å². The number of anilines is 1. The van der Waals surface area contributed by atoms with Gasteiger partial charge in [0.1, 0.15) is 11.6 Å². The quantitative estimate of drug-likeness (QED) is 0.448. The highest BCUT2D eigenvalue weighted by Gasteiger charge is 2.53. The third-order valence-corrected chi connectivity index (χ3v) is 6.18. The first-order valence-corrected chi connectivity index (χ1v) is 11.3. The highest BCUT2D eigenvalue weighted by atomic mass is 19.3. The first kappa shape index (κ1) is 23.0. The van der Waals surface area contributed by atoms with Crippen molar-refractivity contribution in [3.8, 4) is 28.5 Å². The Hall–Kier alpha value is -3.72. The first-order valence-electron chi connectivity index (χ1n) is 11.3. The van der Waals surface area contributed by atoms with Crippen LogP contribution in [-0.4, -0.2) is 35.5 Å². The number of aliphatic hydroxyl groups is 1. The molecule has 9 heteroatoms. The molecule has 1 aromatic heterocycles. The molecule has 7 nitrogen and oxygen atoms in total. The van der Waals surface area contributed by atoms with E-state index in [4.69, 9.17) is 9.84 Å². The van der Waals surface area contributed by atoms with Gasteiger partial charge in [-0.2, -0.15) is 0 Å². The lowest BCUT2D eigenvalue weighted by Gasteiger charge is -2.17. The summed E-state index contributed by atoms with van der Waals surface area (Å²) < 4.78 is 41.3. The van der Waals surface area contributed by atoms with Gasteiger partial charge in [0.15, 0.2) is 11.5 Å². The Morgan fingerprint density at radius 3 is 2.54 bits per heavy atom. The Bertz CT molecular complexity index is 1260. The fourth-order valence-corrected chi connectivity index (χ4v) is 4.11. The second-order valence-corrected chi connectivity index (χ2v) is 8.68. The number of aryl methyl sites for hydroxylation is 1. The molecule has 1 saturated carbocycles. The average molecular weight is 482 g/mol. The summed E-state index contributed by atoms with van der Waals surface area (Å²) in [5, 5.41) is 11.8. The summed E-state index contributed by atoms with van der Waals surface area (Å²) in [5.41, 5.74) is 2.30. The van der Waals surface area contributed by atoms with Crippen molar-refractivity contribution in [1.82, 2.24) is 4.98 Å². The predicted octanol–water partition coefficient (Wildman–Crippen LogP) is 4.81. The van der Waals surface area contributed by atoms with Gasteiger partial charge in [0, 0.05) is 18.6 Å². The number of benzene rings is 2. The summed E-state index contributed by atoms with van der Waals surface area (Å²) in [6, 6.07) is 15.5. The number of carbonyl (C=O) groups excluding carboxylic acids is 1. The lowest BCUT2D eigenvalue weighted by molar-refractivity contribution is -0.286. The topological polar surface area (TPSA) is 89.9 Å². The van der Waals surface area contributed by atoms with Crippen molar-refractivity contribution in [3.63, 3.8) is 0 Å². The average Bonchev–Trinajstić information content (AvgIpc) is 3.58. The molecule has 0 spiro atoms. The largest absolute Gasteiger partial charge is 0.586 e. The van der Waals surface area contributed by atoms with E-state index in [9.17, 15) is 13.6 Å². The van der Waals surface area contributed by atoms with Gasteiger partial charge >= 0.3 is 6.29 Å². The molecule has 2 aromatic carbocycles. The SMILES string of the molecule is Cc1ccc(NC(=O)C2(c3ccc4c(c3)OC(F)(F)O4)CC2)nc1-c1ccc(OCCCO)cc1. The highest BCUT2D eigenvalue weighted by Crippen LogP contribution is 2.52. The molecular weight excluding hydrogens is 458 g/mol. The number of pyridine rings is 1. The van der Waals surface area contributed by atoms with Gasteiger partial charge in [0.05, 0.1) is 17.7 Å². The Morgan fingerprint density at radius 2 is 1.83 bits per heavy atom. The van der Waals surface area contributed by atoms with E-state index in [2.05, 4.69) is 19.8 Å². The number of alkyl halides is 2. The fraction of sp³-hybridized carbons (Fsp3) is 0.308. The fourth-order valence-electron chi connectivity index (χ4n) is 4.11. The van der Waals surface area contributed by atoms with Gasteiger partial charge < -0.3 is 24.6 Å². The number of aliphatic hydroxyl groups excluding tert-OH is 1. The monoisotopic (exact) mass is 482 g/mol. The van der Waals surface area contributed by atoms with Crippen LogP contribution in [0.15, 0.2) is 54.6 Å². The van der Waals surface area contributed by atoms with E-state index in [1.807, 2.05) is 37.3 Å². The zero-order valence-corrected chi connectivity index (χ0v) is 19.0. The molecule has 1 aliphatic heterocycles. The third kappa shape index (κ3) is 4.64. The van der Waals surface area contributed by atoms with Crippen LogP contribution in [0.2, 0.25) is 0 Å². The minimum absolute atomic E-state index is 0.0513. The molecular formula is C26H24F2N2O5. The van der Waals surface area contributed by atoms with Gasteiger partial charge in [0.2, 0.25) is 5.91 Å². The van der Waals surface area contributed by atoms with Crippen molar-refractivity contribution in [2.45, 2.75) is 37.9 Å². The van der Waals surface area contributed by atoms with E-state index < -0.39 is 11.7 Å². The van der Waals surface area contributed by atoms with Crippen LogP contribution in [0.25, 0.3) is 11.3 Å². The second-order valence-electron chi connectivity index (χ2n) is 8.68. The number of amides is 1. The Kier molecular flexibility index (Phi) is 5.80. The molecule has 2 heterocycles. The van der Waals surface area contributed by atoms with Crippen LogP contribution < -0.4 is 19.5 Å². The minimum atomic E-state index is -3.70. The number of halogens is 2. The van der Waals surface area contributed by atoms with Crippen LogP contribution >= 0.6 is 0 Å². The van der Waals surface area contributed by atoms with Crippen LogP contribution in [-0.2, 0) is 10.2 Å². The van der Waals surface area contributed by atoms with Gasteiger partial charge in [-0.3, -0.25) is 4.79 Å². The summed E-state index contributed by atoms with van der Waals surface area (Å²) >= 11 is 0. The summed E-state index contributed by atoms with van der Waals surface area (Å²) in [6.45, 7) is 2.44. The third-order valence-electron chi connectivity index (χ3n) is 6.18. The van der Waals surface area contributed by atoms with Crippen molar-refractivity contribution >= 4 is 11.7 Å².